The van der Waals surface area contributed by atoms with Crippen molar-refractivity contribution in [2.24, 2.45) is 5.73 Å². The molecule has 0 spiro atoms. The first-order chi connectivity index (χ1) is 9.61. The van der Waals surface area contributed by atoms with E-state index >= 15 is 0 Å². The minimum atomic E-state index is -3.49. The molecule has 1 aromatic rings. The molecule has 114 valence electrons. The summed E-state index contributed by atoms with van der Waals surface area (Å²) in [5, 5.41) is 0. The average molecular weight is 300 g/mol. The summed E-state index contributed by atoms with van der Waals surface area (Å²) in [6.07, 6.45) is 2.80. The Kier molecular flexibility index (Phi) is 7.76. The molecular weight excluding hydrogens is 276 g/mol. The minimum Gasteiger partial charge on any atom is -0.381 e. The van der Waals surface area contributed by atoms with E-state index in [1.165, 1.54) is 0 Å². The van der Waals surface area contributed by atoms with Crippen LogP contribution in [0, 0.1) is 0 Å². The van der Waals surface area contributed by atoms with E-state index in [0.29, 0.717) is 25.1 Å². The Morgan fingerprint density at radius 2 is 1.90 bits per heavy atom. The number of benzene rings is 1. The zero-order valence-corrected chi connectivity index (χ0v) is 12.8. The van der Waals surface area contributed by atoms with Crippen molar-refractivity contribution in [2.75, 3.05) is 19.8 Å². The van der Waals surface area contributed by atoms with Crippen molar-refractivity contribution in [2.45, 2.75) is 37.6 Å². The number of hydrogen-bond donors (Lipinski definition) is 2. The standard InChI is InChI=1S/C14H24N2O3S/c1-2-3-10-19-11-6-9-16-20(17,18)14-8-5-4-7-13(14)12-15/h4-5,7-8,16H,2-3,6,9-12,15H2,1H3. The minimum absolute atomic E-state index is 0.206. The molecule has 0 aromatic heterocycles. The lowest BCUT2D eigenvalue weighted by Gasteiger charge is -2.10. The third kappa shape index (κ3) is 5.58. The van der Waals surface area contributed by atoms with Crippen molar-refractivity contribution < 1.29 is 13.2 Å². The van der Waals surface area contributed by atoms with Crippen LogP contribution in [0.1, 0.15) is 31.7 Å². The Morgan fingerprint density at radius 3 is 2.60 bits per heavy atom. The highest BCUT2D eigenvalue weighted by atomic mass is 32.2. The van der Waals surface area contributed by atoms with Gasteiger partial charge < -0.3 is 10.5 Å². The molecule has 0 atom stereocenters. The third-order valence-electron chi connectivity index (χ3n) is 2.88. The second kappa shape index (κ2) is 9.07. The van der Waals surface area contributed by atoms with Crippen molar-refractivity contribution in [1.29, 1.82) is 0 Å². The van der Waals surface area contributed by atoms with Crippen LogP contribution in [0.15, 0.2) is 29.2 Å². The van der Waals surface area contributed by atoms with Crippen LogP contribution in [0.25, 0.3) is 0 Å². The van der Waals surface area contributed by atoms with Gasteiger partial charge in [0.15, 0.2) is 0 Å². The Morgan fingerprint density at radius 1 is 1.20 bits per heavy atom. The molecule has 0 heterocycles. The van der Waals surface area contributed by atoms with E-state index < -0.39 is 10.0 Å². The maximum Gasteiger partial charge on any atom is 0.240 e. The molecule has 0 saturated carbocycles. The summed E-state index contributed by atoms with van der Waals surface area (Å²) < 4.78 is 32.2. The van der Waals surface area contributed by atoms with E-state index in [-0.39, 0.29) is 11.4 Å². The van der Waals surface area contributed by atoms with Crippen LogP contribution < -0.4 is 10.5 Å². The lowest BCUT2D eigenvalue weighted by Crippen LogP contribution is -2.27. The number of sulfonamides is 1. The summed E-state index contributed by atoms with van der Waals surface area (Å²) in [5.41, 5.74) is 6.18. The van der Waals surface area contributed by atoms with Crippen LogP contribution in [0.4, 0.5) is 0 Å². The number of ether oxygens (including phenoxy) is 1. The van der Waals surface area contributed by atoms with Gasteiger partial charge in [0.25, 0.3) is 0 Å². The topological polar surface area (TPSA) is 81.4 Å². The summed E-state index contributed by atoms with van der Waals surface area (Å²) in [4.78, 5) is 0.259. The largest absolute Gasteiger partial charge is 0.381 e. The Hall–Kier alpha value is -0.950. The van der Waals surface area contributed by atoms with Gasteiger partial charge in [-0.15, -0.1) is 0 Å². The Balaban J connectivity index is 2.42. The fourth-order valence-electron chi connectivity index (χ4n) is 1.74. The first-order valence-corrected chi connectivity index (χ1v) is 8.45. The Labute approximate surface area is 121 Å². The fourth-order valence-corrected chi connectivity index (χ4v) is 3.06. The van der Waals surface area contributed by atoms with Crippen molar-refractivity contribution >= 4 is 10.0 Å². The molecule has 0 aliphatic rings. The second-order valence-corrected chi connectivity index (χ2v) is 6.26. The van der Waals surface area contributed by atoms with Crippen molar-refractivity contribution in [1.82, 2.24) is 4.72 Å². The van der Waals surface area contributed by atoms with Crippen molar-refractivity contribution in [3.8, 4) is 0 Å². The third-order valence-corrected chi connectivity index (χ3v) is 4.44. The number of hydrogen-bond acceptors (Lipinski definition) is 4. The van der Waals surface area contributed by atoms with Crippen LogP contribution in [0.3, 0.4) is 0 Å². The molecule has 1 rings (SSSR count). The lowest BCUT2D eigenvalue weighted by atomic mass is 10.2. The van der Waals surface area contributed by atoms with Gasteiger partial charge in [-0.3, -0.25) is 0 Å². The van der Waals surface area contributed by atoms with E-state index in [0.717, 1.165) is 19.4 Å². The van der Waals surface area contributed by atoms with E-state index in [4.69, 9.17) is 10.5 Å². The van der Waals surface area contributed by atoms with Crippen LogP contribution in [0.5, 0.6) is 0 Å². The van der Waals surface area contributed by atoms with E-state index in [2.05, 4.69) is 11.6 Å². The van der Waals surface area contributed by atoms with Crippen LogP contribution in [0.2, 0.25) is 0 Å². The van der Waals surface area contributed by atoms with Crippen molar-refractivity contribution in [3.63, 3.8) is 0 Å². The monoisotopic (exact) mass is 300 g/mol. The fraction of sp³-hybridized carbons (Fsp3) is 0.571. The first kappa shape index (κ1) is 17.1. The van der Waals surface area contributed by atoms with Crippen LogP contribution >= 0.6 is 0 Å². The predicted molar refractivity (Wildman–Crippen MR) is 79.9 cm³/mol. The van der Waals surface area contributed by atoms with Gasteiger partial charge in [0, 0.05) is 26.3 Å². The van der Waals surface area contributed by atoms with E-state index in [9.17, 15) is 8.42 Å². The SMILES string of the molecule is CCCCOCCCNS(=O)(=O)c1ccccc1CN. The van der Waals surface area contributed by atoms with Gasteiger partial charge >= 0.3 is 0 Å². The summed E-state index contributed by atoms with van der Waals surface area (Å²) in [6, 6.07) is 6.77. The van der Waals surface area contributed by atoms with E-state index in [1.807, 2.05) is 0 Å². The van der Waals surface area contributed by atoms with E-state index in [1.54, 1.807) is 24.3 Å². The number of rotatable bonds is 10. The van der Waals surface area contributed by atoms with Crippen LogP contribution in [-0.4, -0.2) is 28.2 Å². The normalized spacial score (nSPS) is 11.7. The number of unbranched alkanes of at least 4 members (excludes halogenated alkanes) is 1. The molecule has 6 heteroatoms. The Bertz CT molecular complexity index is 489. The van der Waals surface area contributed by atoms with Gasteiger partial charge in [-0.25, -0.2) is 13.1 Å². The van der Waals surface area contributed by atoms with Gasteiger partial charge in [-0.05, 0) is 24.5 Å². The highest BCUT2D eigenvalue weighted by molar-refractivity contribution is 7.89. The molecule has 1 aromatic carbocycles. The molecule has 0 saturated heterocycles. The zero-order chi connectivity index (χ0) is 14.8. The number of nitrogens with one attached hydrogen (secondary N) is 1. The predicted octanol–water partition coefficient (Wildman–Crippen LogP) is 1.63. The highest BCUT2D eigenvalue weighted by Gasteiger charge is 2.16. The van der Waals surface area contributed by atoms with Crippen LogP contribution in [-0.2, 0) is 21.3 Å². The molecule has 0 radical (unpaired) electrons. The molecule has 0 bridgehead atoms. The molecule has 0 aliphatic carbocycles. The van der Waals surface area contributed by atoms with Gasteiger partial charge in [0.1, 0.15) is 0 Å². The first-order valence-electron chi connectivity index (χ1n) is 6.97. The second-order valence-electron chi connectivity index (χ2n) is 4.53. The summed E-state index contributed by atoms with van der Waals surface area (Å²) >= 11 is 0. The summed E-state index contributed by atoms with van der Waals surface area (Å²) in [7, 11) is -3.49. The molecule has 0 unspecified atom stereocenters. The van der Waals surface area contributed by atoms with Gasteiger partial charge in [0.05, 0.1) is 4.90 Å². The van der Waals surface area contributed by atoms with Gasteiger partial charge in [-0.1, -0.05) is 31.5 Å². The molecule has 5 nitrogen and oxygen atoms in total. The molecule has 0 aliphatic heterocycles. The highest BCUT2D eigenvalue weighted by Crippen LogP contribution is 2.14. The maximum atomic E-state index is 12.1. The molecule has 3 N–H and O–H groups in total. The molecule has 20 heavy (non-hydrogen) atoms. The molecule has 0 amide bonds. The van der Waals surface area contributed by atoms with Gasteiger partial charge in [0.2, 0.25) is 10.0 Å². The lowest BCUT2D eigenvalue weighted by molar-refractivity contribution is 0.130. The van der Waals surface area contributed by atoms with Gasteiger partial charge in [-0.2, -0.15) is 0 Å². The smallest absolute Gasteiger partial charge is 0.240 e. The average Bonchev–Trinajstić information content (AvgIpc) is 2.46. The quantitative estimate of drug-likeness (QED) is 0.644. The molecular formula is C14H24N2O3S. The van der Waals surface area contributed by atoms with Crippen molar-refractivity contribution in [3.05, 3.63) is 29.8 Å². The summed E-state index contributed by atoms with van der Waals surface area (Å²) in [5.74, 6) is 0. The molecule has 0 fully saturated rings. The maximum absolute atomic E-state index is 12.1. The summed E-state index contributed by atoms with van der Waals surface area (Å²) in [6.45, 7) is 3.98. The number of nitrogens with two attached hydrogens (primary N) is 1. The zero-order valence-electron chi connectivity index (χ0n) is 12.0.